The summed E-state index contributed by atoms with van der Waals surface area (Å²) < 4.78 is 2.25. The lowest BCUT2D eigenvalue weighted by atomic mass is 10.0. The van der Waals surface area contributed by atoms with E-state index in [0.29, 0.717) is 0 Å². The van der Waals surface area contributed by atoms with Gasteiger partial charge in [-0.25, -0.2) is 4.98 Å². The van der Waals surface area contributed by atoms with E-state index in [9.17, 15) is 0 Å². The van der Waals surface area contributed by atoms with E-state index < -0.39 is 0 Å². The predicted molar refractivity (Wildman–Crippen MR) is 65.0 cm³/mol. The van der Waals surface area contributed by atoms with Crippen LogP contribution in [0.1, 0.15) is 25.6 Å². The smallest absolute Gasteiger partial charge is 0.122 e. The SMILES string of the molecule is CC(CCCN)CN1CCn2ccnc2C1. The summed E-state index contributed by atoms with van der Waals surface area (Å²) in [5, 5.41) is 0. The maximum absolute atomic E-state index is 5.53. The van der Waals surface area contributed by atoms with Gasteiger partial charge in [-0.1, -0.05) is 6.92 Å². The summed E-state index contributed by atoms with van der Waals surface area (Å²) in [4.78, 5) is 6.88. The van der Waals surface area contributed by atoms with E-state index in [-0.39, 0.29) is 0 Å². The number of rotatable bonds is 5. The maximum atomic E-state index is 5.53. The molecule has 0 saturated heterocycles. The van der Waals surface area contributed by atoms with Crippen molar-refractivity contribution in [2.24, 2.45) is 11.7 Å². The van der Waals surface area contributed by atoms with E-state index in [2.05, 4.69) is 27.6 Å². The lowest BCUT2D eigenvalue weighted by Crippen LogP contribution is -2.36. The van der Waals surface area contributed by atoms with Gasteiger partial charge in [0, 0.05) is 32.0 Å². The molecule has 0 amide bonds. The highest BCUT2D eigenvalue weighted by Crippen LogP contribution is 2.14. The van der Waals surface area contributed by atoms with Gasteiger partial charge in [0.2, 0.25) is 0 Å². The van der Waals surface area contributed by atoms with Crippen LogP contribution in [-0.4, -0.2) is 34.1 Å². The minimum atomic E-state index is 0.741. The molecule has 4 nitrogen and oxygen atoms in total. The van der Waals surface area contributed by atoms with Crippen molar-refractivity contribution in [3.63, 3.8) is 0 Å². The van der Waals surface area contributed by atoms with Crippen LogP contribution in [0, 0.1) is 5.92 Å². The Kier molecular flexibility index (Phi) is 3.96. The monoisotopic (exact) mass is 222 g/mol. The summed E-state index contributed by atoms with van der Waals surface area (Å²) in [7, 11) is 0. The molecule has 0 aromatic carbocycles. The first kappa shape index (κ1) is 11.6. The first-order valence-corrected chi connectivity index (χ1v) is 6.22. The van der Waals surface area contributed by atoms with E-state index in [1.165, 1.54) is 18.8 Å². The molecule has 0 aliphatic carbocycles. The predicted octanol–water partition coefficient (Wildman–Crippen LogP) is 1.07. The number of nitrogens with two attached hydrogens (primary N) is 1. The highest BCUT2D eigenvalue weighted by atomic mass is 15.2. The lowest BCUT2D eigenvalue weighted by molar-refractivity contribution is 0.185. The highest BCUT2D eigenvalue weighted by Gasteiger charge is 2.17. The quantitative estimate of drug-likeness (QED) is 0.811. The first-order valence-electron chi connectivity index (χ1n) is 6.22. The fourth-order valence-electron chi connectivity index (χ4n) is 2.38. The zero-order valence-corrected chi connectivity index (χ0v) is 10.1. The normalized spacial score (nSPS) is 18.4. The Bertz CT molecular complexity index is 321. The third kappa shape index (κ3) is 2.83. The Morgan fingerprint density at radius 1 is 1.50 bits per heavy atom. The van der Waals surface area contributed by atoms with Crippen molar-refractivity contribution in [2.45, 2.75) is 32.9 Å². The average Bonchev–Trinajstić information content (AvgIpc) is 2.73. The second-order valence-corrected chi connectivity index (χ2v) is 4.81. The summed E-state index contributed by atoms with van der Waals surface area (Å²) in [6, 6.07) is 0. The molecule has 0 saturated carbocycles. The van der Waals surface area contributed by atoms with Gasteiger partial charge in [-0.05, 0) is 25.3 Å². The zero-order chi connectivity index (χ0) is 11.4. The molecule has 1 unspecified atom stereocenters. The van der Waals surface area contributed by atoms with Crippen LogP contribution in [0.15, 0.2) is 12.4 Å². The number of imidazole rings is 1. The summed E-state index contributed by atoms with van der Waals surface area (Å²) in [5.41, 5.74) is 5.53. The molecule has 1 aromatic heterocycles. The van der Waals surface area contributed by atoms with Crippen LogP contribution < -0.4 is 5.73 Å². The van der Waals surface area contributed by atoms with E-state index in [1.54, 1.807) is 0 Å². The molecule has 16 heavy (non-hydrogen) atoms. The van der Waals surface area contributed by atoms with E-state index in [0.717, 1.165) is 38.5 Å². The number of fused-ring (bicyclic) bond motifs is 1. The van der Waals surface area contributed by atoms with Crippen molar-refractivity contribution in [3.05, 3.63) is 18.2 Å². The summed E-state index contributed by atoms with van der Waals surface area (Å²) >= 11 is 0. The molecule has 1 aromatic rings. The minimum Gasteiger partial charge on any atom is -0.333 e. The molecule has 1 atom stereocenters. The molecule has 2 rings (SSSR count). The fourth-order valence-corrected chi connectivity index (χ4v) is 2.38. The van der Waals surface area contributed by atoms with Crippen LogP contribution in [-0.2, 0) is 13.1 Å². The van der Waals surface area contributed by atoms with E-state index >= 15 is 0 Å². The van der Waals surface area contributed by atoms with Crippen molar-refractivity contribution in [1.82, 2.24) is 14.5 Å². The van der Waals surface area contributed by atoms with Crippen molar-refractivity contribution >= 4 is 0 Å². The van der Waals surface area contributed by atoms with Gasteiger partial charge in [0.15, 0.2) is 0 Å². The molecular formula is C12H22N4. The van der Waals surface area contributed by atoms with Crippen LogP contribution in [0.2, 0.25) is 0 Å². The third-order valence-electron chi connectivity index (χ3n) is 3.29. The van der Waals surface area contributed by atoms with Gasteiger partial charge in [-0.15, -0.1) is 0 Å². The van der Waals surface area contributed by atoms with Gasteiger partial charge < -0.3 is 10.3 Å². The van der Waals surface area contributed by atoms with Gasteiger partial charge in [-0.2, -0.15) is 0 Å². The molecule has 2 heterocycles. The van der Waals surface area contributed by atoms with Gasteiger partial charge in [0.25, 0.3) is 0 Å². The van der Waals surface area contributed by atoms with E-state index in [4.69, 9.17) is 5.73 Å². The molecule has 4 heteroatoms. The Labute approximate surface area is 97.4 Å². The van der Waals surface area contributed by atoms with Crippen molar-refractivity contribution in [2.75, 3.05) is 19.6 Å². The largest absolute Gasteiger partial charge is 0.333 e. The fraction of sp³-hybridized carbons (Fsp3) is 0.750. The van der Waals surface area contributed by atoms with Crippen LogP contribution in [0.3, 0.4) is 0 Å². The Morgan fingerprint density at radius 2 is 2.38 bits per heavy atom. The summed E-state index contributed by atoms with van der Waals surface area (Å²) in [5.74, 6) is 1.95. The van der Waals surface area contributed by atoms with E-state index in [1.807, 2.05) is 6.20 Å². The number of nitrogens with zero attached hydrogens (tertiary/aromatic N) is 3. The lowest BCUT2D eigenvalue weighted by Gasteiger charge is -2.29. The van der Waals surface area contributed by atoms with Crippen LogP contribution >= 0.6 is 0 Å². The zero-order valence-electron chi connectivity index (χ0n) is 10.1. The molecule has 0 radical (unpaired) electrons. The van der Waals surface area contributed by atoms with Crippen molar-refractivity contribution in [3.8, 4) is 0 Å². The topological polar surface area (TPSA) is 47.1 Å². The second kappa shape index (κ2) is 5.46. The first-order chi connectivity index (χ1) is 7.79. The molecule has 0 spiro atoms. The summed E-state index contributed by atoms with van der Waals surface area (Å²) in [6.45, 7) is 7.54. The van der Waals surface area contributed by atoms with Crippen LogP contribution in [0.4, 0.5) is 0 Å². The number of hydrogen-bond acceptors (Lipinski definition) is 3. The number of hydrogen-bond donors (Lipinski definition) is 1. The average molecular weight is 222 g/mol. The van der Waals surface area contributed by atoms with Crippen LogP contribution in [0.25, 0.3) is 0 Å². The molecule has 0 fully saturated rings. The second-order valence-electron chi connectivity index (χ2n) is 4.81. The van der Waals surface area contributed by atoms with Gasteiger partial charge in [-0.3, -0.25) is 4.90 Å². The molecular weight excluding hydrogens is 200 g/mol. The van der Waals surface area contributed by atoms with Crippen molar-refractivity contribution in [1.29, 1.82) is 0 Å². The Hall–Kier alpha value is -0.870. The Balaban J connectivity index is 1.80. The van der Waals surface area contributed by atoms with Gasteiger partial charge in [0.1, 0.15) is 5.82 Å². The molecule has 0 bridgehead atoms. The standard InChI is InChI=1S/C12H22N4/c1-11(3-2-4-13)9-15-7-8-16-6-5-14-12(16)10-15/h5-6,11H,2-4,7-10,13H2,1H3. The van der Waals surface area contributed by atoms with Gasteiger partial charge in [0.05, 0.1) is 6.54 Å². The van der Waals surface area contributed by atoms with Crippen LogP contribution in [0.5, 0.6) is 0 Å². The maximum Gasteiger partial charge on any atom is 0.122 e. The van der Waals surface area contributed by atoms with Crippen molar-refractivity contribution < 1.29 is 0 Å². The molecule has 1 aliphatic rings. The Morgan fingerprint density at radius 3 is 3.19 bits per heavy atom. The van der Waals surface area contributed by atoms with Gasteiger partial charge >= 0.3 is 0 Å². The molecule has 2 N–H and O–H groups in total. The summed E-state index contributed by atoms with van der Waals surface area (Å²) in [6.07, 6.45) is 6.35. The number of aromatic nitrogens is 2. The molecule has 90 valence electrons. The minimum absolute atomic E-state index is 0.741. The highest BCUT2D eigenvalue weighted by molar-refractivity contribution is 4.95. The molecule has 1 aliphatic heterocycles. The third-order valence-corrected chi connectivity index (χ3v) is 3.29.